The van der Waals surface area contributed by atoms with E-state index in [1.54, 1.807) is 11.1 Å². The molecule has 2 nitrogen and oxygen atoms in total. The molecular weight excluding hydrogens is 757 g/mol. The van der Waals surface area contributed by atoms with E-state index in [0.29, 0.717) is 0 Å². The number of hydrogen-bond donors (Lipinski definition) is 0. The maximum Gasteiger partial charge on any atom is 0.0541 e. The zero-order valence-corrected chi connectivity index (χ0v) is 34.6. The minimum atomic E-state index is 0.147. The van der Waals surface area contributed by atoms with Gasteiger partial charge in [-0.05, 0) is 156 Å². The van der Waals surface area contributed by atoms with Crippen molar-refractivity contribution in [1.82, 2.24) is 9.13 Å². The van der Waals surface area contributed by atoms with Gasteiger partial charge < -0.3 is 9.13 Å². The summed E-state index contributed by atoms with van der Waals surface area (Å²) in [7, 11) is 0. The molecule has 0 atom stereocenters. The van der Waals surface area contributed by atoms with Crippen molar-refractivity contribution in [2.75, 3.05) is 0 Å². The van der Waals surface area contributed by atoms with Crippen molar-refractivity contribution < 1.29 is 0 Å². The Morgan fingerprint density at radius 1 is 0.377 bits per heavy atom. The lowest BCUT2D eigenvalue weighted by Gasteiger charge is -2.61. The zero-order chi connectivity index (χ0) is 39.6. The number of hydrogen-bond acceptors (Lipinski definition) is 1. The van der Waals surface area contributed by atoms with Crippen molar-refractivity contribution in [3.05, 3.63) is 181 Å². The van der Waals surface area contributed by atoms with E-state index in [0.717, 1.165) is 23.7 Å². The van der Waals surface area contributed by atoms with E-state index in [9.17, 15) is 0 Å². The van der Waals surface area contributed by atoms with Gasteiger partial charge in [-0.1, -0.05) is 103 Å². The van der Waals surface area contributed by atoms with E-state index in [-0.39, 0.29) is 5.41 Å². The molecule has 11 aromatic rings. The Balaban J connectivity index is 0.881. The van der Waals surface area contributed by atoms with Crippen molar-refractivity contribution in [3.63, 3.8) is 0 Å². The van der Waals surface area contributed by atoms with Crippen LogP contribution in [0.25, 0.3) is 97.4 Å². The molecule has 4 saturated carbocycles. The van der Waals surface area contributed by atoms with Gasteiger partial charge in [0.05, 0.1) is 22.1 Å². The van der Waals surface area contributed by atoms with Crippen LogP contribution in [0.1, 0.15) is 43.2 Å². The molecule has 1 spiro atoms. The fourth-order valence-corrected chi connectivity index (χ4v) is 15.1. The van der Waals surface area contributed by atoms with E-state index in [4.69, 9.17) is 0 Å². The fraction of sp³-hybridized carbons (Fsp3) is 0.172. The van der Waals surface area contributed by atoms with Crippen molar-refractivity contribution >= 4 is 75.1 Å². The van der Waals surface area contributed by atoms with Crippen molar-refractivity contribution in [1.29, 1.82) is 0 Å². The normalized spacial score (nSPS) is 22.5. The molecule has 4 bridgehead atoms. The highest BCUT2D eigenvalue weighted by molar-refractivity contribution is 7.25. The van der Waals surface area contributed by atoms with Crippen LogP contribution in [0.3, 0.4) is 0 Å². The van der Waals surface area contributed by atoms with Crippen LogP contribution in [0.5, 0.6) is 0 Å². The largest absolute Gasteiger partial charge is 0.309 e. The third-order valence-corrected chi connectivity index (χ3v) is 17.2. The number of aromatic nitrogens is 2. The van der Waals surface area contributed by atoms with Gasteiger partial charge >= 0.3 is 0 Å². The summed E-state index contributed by atoms with van der Waals surface area (Å²) in [5.74, 6) is 3.36. The molecule has 0 saturated heterocycles. The van der Waals surface area contributed by atoms with Gasteiger partial charge in [-0.15, -0.1) is 11.3 Å². The molecule has 5 aliphatic carbocycles. The smallest absolute Gasteiger partial charge is 0.0541 e. The molecule has 290 valence electrons. The lowest BCUT2D eigenvalue weighted by atomic mass is 9.43. The van der Waals surface area contributed by atoms with Crippen LogP contribution in [0.15, 0.2) is 170 Å². The predicted octanol–water partition coefficient (Wildman–Crippen LogP) is 15.6. The molecule has 3 heterocycles. The van der Waals surface area contributed by atoms with Crippen LogP contribution in [0.2, 0.25) is 0 Å². The minimum absolute atomic E-state index is 0.147. The Bertz CT molecular complexity index is 3660. The summed E-state index contributed by atoms with van der Waals surface area (Å²) < 4.78 is 7.68. The third-order valence-electron chi connectivity index (χ3n) is 16.1. The van der Waals surface area contributed by atoms with Gasteiger partial charge in [0.15, 0.2) is 0 Å². The summed E-state index contributed by atoms with van der Waals surface area (Å²) in [4.78, 5) is 0. The van der Waals surface area contributed by atoms with E-state index >= 15 is 0 Å². The standard InChI is InChI=1S/C58H42N2S/c1-5-13-50-42(9-1)43-21-19-40(32-51(43)58(50)38-26-34-25-35(28-38)29-39(58)27-34)59-52-14-6-2-10-44(52)48-30-36(17-23-54(48)59)37-18-24-55-49(31-37)45-11-3-7-15-53(45)60(55)41-20-22-47-46-12-4-8-16-56(46)61-57(47)33-41/h1-24,30-35,38-39H,25-29H2. The maximum absolute atomic E-state index is 2.64. The number of nitrogens with zero attached hydrogens (tertiary/aromatic N) is 2. The molecule has 0 aliphatic heterocycles. The summed E-state index contributed by atoms with van der Waals surface area (Å²) in [6, 6.07) is 65.0. The van der Waals surface area contributed by atoms with E-state index in [1.807, 2.05) is 11.3 Å². The molecule has 8 aromatic carbocycles. The second kappa shape index (κ2) is 11.9. The van der Waals surface area contributed by atoms with Crippen LogP contribution in [0, 0.1) is 23.7 Å². The minimum Gasteiger partial charge on any atom is -0.309 e. The molecule has 0 unspecified atom stereocenters. The fourth-order valence-electron chi connectivity index (χ4n) is 14.0. The number of fused-ring (bicyclic) bond motifs is 12. The van der Waals surface area contributed by atoms with Gasteiger partial charge in [-0.25, -0.2) is 0 Å². The summed E-state index contributed by atoms with van der Waals surface area (Å²) in [6.07, 6.45) is 7.08. The molecule has 16 rings (SSSR count). The first kappa shape index (κ1) is 33.3. The molecule has 0 radical (unpaired) electrons. The quantitative estimate of drug-likeness (QED) is 0.168. The van der Waals surface area contributed by atoms with E-state index < -0.39 is 0 Å². The van der Waals surface area contributed by atoms with Crippen LogP contribution >= 0.6 is 11.3 Å². The zero-order valence-electron chi connectivity index (χ0n) is 33.8. The molecule has 0 amide bonds. The SMILES string of the molecule is c1ccc2c(c1)-c1ccc(-n3c4ccccc4c4cc(-c5ccc6c(c5)c5ccccc5n6-c5ccc6c(c5)sc5ccccc56)ccc43)cc1C21C2CC3CC(C2)CC1C3. The summed E-state index contributed by atoms with van der Waals surface area (Å²) in [5, 5.41) is 7.85. The maximum atomic E-state index is 2.64. The number of para-hydroxylation sites is 2. The first-order valence-corrected chi connectivity index (χ1v) is 23.2. The van der Waals surface area contributed by atoms with Crippen LogP contribution in [-0.2, 0) is 5.41 Å². The van der Waals surface area contributed by atoms with Crippen LogP contribution in [0.4, 0.5) is 0 Å². The Hall–Kier alpha value is -6.42. The Morgan fingerprint density at radius 2 is 0.902 bits per heavy atom. The van der Waals surface area contributed by atoms with Gasteiger partial charge in [0.2, 0.25) is 0 Å². The highest BCUT2D eigenvalue weighted by Gasteiger charge is 2.61. The molecule has 3 aromatic heterocycles. The molecular formula is C58H42N2S. The number of rotatable bonds is 3. The summed E-state index contributed by atoms with van der Waals surface area (Å²) >= 11 is 1.88. The van der Waals surface area contributed by atoms with Crippen molar-refractivity contribution in [3.8, 4) is 33.6 Å². The lowest BCUT2D eigenvalue weighted by Crippen LogP contribution is -2.55. The first-order valence-electron chi connectivity index (χ1n) is 22.4. The topological polar surface area (TPSA) is 9.86 Å². The van der Waals surface area contributed by atoms with Crippen LogP contribution in [-0.4, -0.2) is 9.13 Å². The van der Waals surface area contributed by atoms with E-state index in [2.05, 4.69) is 179 Å². The van der Waals surface area contributed by atoms with Gasteiger partial charge in [-0.2, -0.15) is 0 Å². The average molecular weight is 799 g/mol. The molecule has 5 aliphatic rings. The Morgan fingerprint density at radius 3 is 1.59 bits per heavy atom. The summed E-state index contributed by atoms with van der Waals surface area (Å²) in [6.45, 7) is 0. The average Bonchev–Trinajstić information content (AvgIpc) is 4.02. The van der Waals surface area contributed by atoms with E-state index in [1.165, 1.54) is 130 Å². The van der Waals surface area contributed by atoms with Gasteiger partial charge in [-0.3, -0.25) is 0 Å². The number of benzene rings is 8. The molecule has 4 fully saturated rings. The van der Waals surface area contributed by atoms with Crippen molar-refractivity contribution in [2.45, 2.75) is 37.5 Å². The third kappa shape index (κ3) is 4.32. The second-order valence-electron chi connectivity index (χ2n) is 18.9. The second-order valence-corrected chi connectivity index (χ2v) is 20.0. The monoisotopic (exact) mass is 798 g/mol. The highest BCUT2D eigenvalue weighted by atomic mass is 32.1. The van der Waals surface area contributed by atoms with Gasteiger partial charge in [0, 0.05) is 58.5 Å². The summed E-state index contributed by atoms with van der Waals surface area (Å²) in [5.41, 5.74) is 16.4. The van der Waals surface area contributed by atoms with Gasteiger partial charge in [0.25, 0.3) is 0 Å². The number of thiophene rings is 1. The van der Waals surface area contributed by atoms with Crippen molar-refractivity contribution in [2.24, 2.45) is 23.7 Å². The Labute approximate surface area is 358 Å². The highest BCUT2D eigenvalue weighted by Crippen LogP contribution is 2.69. The lowest BCUT2D eigenvalue weighted by molar-refractivity contribution is -0.0399. The molecule has 61 heavy (non-hydrogen) atoms. The molecule has 0 N–H and O–H groups in total. The first-order chi connectivity index (χ1) is 30.2. The van der Waals surface area contributed by atoms with Gasteiger partial charge in [0.1, 0.15) is 0 Å². The Kier molecular flexibility index (Phi) is 6.50. The molecule has 3 heteroatoms. The van der Waals surface area contributed by atoms with Crippen LogP contribution < -0.4 is 0 Å². The predicted molar refractivity (Wildman–Crippen MR) is 257 cm³/mol.